The number of fused-ring (bicyclic) bond motifs is 1. The molecule has 1 aromatic carbocycles. The Labute approximate surface area is 178 Å². The summed E-state index contributed by atoms with van der Waals surface area (Å²) in [7, 11) is 2.39. The number of ether oxygens (including phenoxy) is 1. The Morgan fingerprint density at radius 1 is 1.07 bits per heavy atom. The molecule has 2 aromatic rings. The van der Waals surface area contributed by atoms with Crippen molar-refractivity contribution < 1.29 is 18.4 Å². The fourth-order valence-corrected chi connectivity index (χ4v) is 5.98. The van der Waals surface area contributed by atoms with E-state index in [4.69, 9.17) is 9.15 Å². The van der Waals surface area contributed by atoms with Crippen LogP contribution < -0.4 is 0 Å². The van der Waals surface area contributed by atoms with Crippen LogP contribution in [0.4, 0.5) is 0 Å². The van der Waals surface area contributed by atoms with Crippen LogP contribution in [0.5, 0.6) is 0 Å². The van der Waals surface area contributed by atoms with Crippen LogP contribution >= 0.6 is 11.8 Å². The van der Waals surface area contributed by atoms with Crippen molar-refractivity contribution in [2.75, 3.05) is 26.7 Å². The van der Waals surface area contributed by atoms with Gasteiger partial charge in [0.05, 0.1) is 31.9 Å². The smallest absolute Gasteiger partial charge is 0.374 e. The van der Waals surface area contributed by atoms with Gasteiger partial charge in [0.2, 0.25) is 5.76 Å². The zero-order chi connectivity index (χ0) is 20.1. The quantitative estimate of drug-likeness (QED) is 0.456. The van der Waals surface area contributed by atoms with E-state index in [1.165, 1.54) is 55.2 Å². The van der Waals surface area contributed by atoms with Crippen LogP contribution in [-0.4, -0.2) is 43.2 Å². The molecule has 0 amide bonds. The second-order valence-electron chi connectivity index (χ2n) is 8.73. The number of quaternary nitrogens is 1. The van der Waals surface area contributed by atoms with Crippen molar-refractivity contribution in [1.82, 2.24) is 0 Å². The molecule has 4 nitrogen and oxygen atoms in total. The highest BCUT2D eigenvalue weighted by Crippen LogP contribution is 2.36. The van der Waals surface area contributed by atoms with E-state index < -0.39 is 0 Å². The third-order valence-electron chi connectivity index (χ3n) is 6.65. The van der Waals surface area contributed by atoms with Gasteiger partial charge in [0, 0.05) is 18.1 Å². The maximum absolute atomic E-state index is 12.5. The minimum absolute atomic E-state index is 0.320. The molecule has 0 unspecified atom stereocenters. The standard InChI is InChI=1S/C24H32NO3S/c1-25-14-6-5-11-22(25)20(10-7-15-25)16-27-24(26)23-13-12-21(28-23)18-29-17-19-8-3-2-4-9-19/h2-4,8-9,12-13,20,22H,5-7,10-11,14-18H2,1H3/q+1/t20-,22+,25-/m1/s1. The molecule has 0 saturated carbocycles. The second kappa shape index (κ2) is 9.40. The van der Waals surface area contributed by atoms with Crippen molar-refractivity contribution in [3.63, 3.8) is 0 Å². The molecule has 156 valence electrons. The van der Waals surface area contributed by atoms with Crippen LogP contribution in [0.15, 0.2) is 46.9 Å². The summed E-state index contributed by atoms with van der Waals surface area (Å²) in [6.45, 7) is 3.07. The van der Waals surface area contributed by atoms with Crippen molar-refractivity contribution in [3.05, 3.63) is 59.5 Å². The van der Waals surface area contributed by atoms with E-state index in [0.717, 1.165) is 17.3 Å². The van der Waals surface area contributed by atoms with E-state index in [9.17, 15) is 4.79 Å². The molecule has 0 bridgehead atoms. The number of carbonyl (C=O) groups is 1. The average molecular weight is 415 g/mol. The largest absolute Gasteiger partial charge is 0.459 e. The maximum atomic E-state index is 12.5. The number of hydrogen-bond donors (Lipinski definition) is 0. The summed E-state index contributed by atoms with van der Waals surface area (Å²) in [6, 6.07) is 14.7. The molecular formula is C24H32NO3S+. The Morgan fingerprint density at radius 2 is 1.90 bits per heavy atom. The molecule has 3 atom stereocenters. The second-order valence-corrected chi connectivity index (χ2v) is 9.72. The predicted molar refractivity (Wildman–Crippen MR) is 117 cm³/mol. The molecule has 0 N–H and O–H groups in total. The number of benzene rings is 1. The monoisotopic (exact) mass is 414 g/mol. The van der Waals surface area contributed by atoms with Gasteiger partial charge in [-0.1, -0.05) is 30.3 Å². The Morgan fingerprint density at radius 3 is 2.76 bits per heavy atom. The zero-order valence-electron chi connectivity index (χ0n) is 17.3. The van der Waals surface area contributed by atoms with E-state index >= 15 is 0 Å². The summed E-state index contributed by atoms with van der Waals surface area (Å²) in [4.78, 5) is 12.5. The molecule has 5 heteroatoms. The Hall–Kier alpha value is -1.72. The van der Waals surface area contributed by atoms with E-state index in [1.807, 2.05) is 12.1 Å². The summed E-state index contributed by atoms with van der Waals surface area (Å²) >= 11 is 1.78. The number of rotatable bonds is 7. The lowest BCUT2D eigenvalue weighted by Gasteiger charge is -2.51. The Bertz CT molecular complexity index is 801. The predicted octanol–water partition coefficient (Wildman–Crippen LogP) is 5.28. The van der Waals surface area contributed by atoms with E-state index in [0.29, 0.717) is 24.3 Å². The van der Waals surface area contributed by atoms with Gasteiger partial charge in [-0.15, -0.1) is 11.8 Å². The molecule has 0 aliphatic carbocycles. The van der Waals surface area contributed by atoms with Gasteiger partial charge < -0.3 is 13.6 Å². The molecule has 0 spiro atoms. The lowest BCUT2D eigenvalue weighted by atomic mass is 9.82. The highest BCUT2D eigenvalue weighted by Gasteiger charge is 2.43. The van der Waals surface area contributed by atoms with Crippen molar-refractivity contribution >= 4 is 17.7 Å². The van der Waals surface area contributed by atoms with Crippen molar-refractivity contribution in [2.24, 2.45) is 5.92 Å². The normalized spacial score (nSPS) is 26.7. The van der Waals surface area contributed by atoms with Gasteiger partial charge in [-0.2, -0.15) is 0 Å². The molecule has 1 aromatic heterocycles. The number of piperidine rings is 2. The van der Waals surface area contributed by atoms with Gasteiger partial charge in [-0.3, -0.25) is 0 Å². The summed E-state index contributed by atoms with van der Waals surface area (Å²) in [5.74, 6) is 3.00. The number of hydrogen-bond acceptors (Lipinski definition) is 4. The van der Waals surface area contributed by atoms with Gasteiger partial charge in [0.25, 0.3) is 0 Å². The molecule has 2 aliphatic rings. The van der Waals surface area contributed by atoms with E-state index in [-0.39, 0.29) is 5.97 Å². The molecular weight excluding hydrogens is 382 g/mol. The summed E-state index contributed by atoms with van der Waals surface area (Å²) in [5, 5.41) is 0. The number of carbonyl (C=O) groups excluding carboxylic acids is 1. The lowest BCUT2D eigenvalue weighted by molar-refractivity contribution is -0.947. The fourth-order valence-electron chi connectivity index (χ4n) is 5.09. The van der Waals surface area contributed by atoms with Crippen LogP contribution in [0, 0.1) is 5.92 Å². The zero-order valence-corrected chi connectivity index (χ0v) is 18.2. The number of esters is 1. The number of thioether (sulfide) groups is 1. The van der Waals surface area contributed by atoms with Gasteiger partial charge >= 0.3 is 5.97 Å². The third-order valence-corrected chi connectivity index (χ3v) is 7.68. The number of furan rings is 1. The molecule has 3 heterocycles. The van der Waals surface area contributed by atoms with Crippen molar-refractivity contribution in [3.8, 4) is 0 Å². The summed E-state index contributed by atoms with van der Waals surface area (Å²) < 4.78 is 12.6. The molecule has 2 saturated heterocycles. The van der Waals surface area contributed by atoms with Crippen LogP contribution in [0.3, 0.4) is 0 Å². The van der Waals surface area contributed by atoms with Crippen LogP contribution in [0.2, 0.25) is 0 Å². The first kappa shape index (κ1) is 20.5. The number of nitrogens with zero attached hydrogens (tertiary/aromatic N) is 1. The van der Waals surface area contributed by atoms with Crippen molar-refractivity contribution in [2.45, 2.75) is 49.7 Å². The first-order valence-corrected chi connectivity index (χ1v) is 12.0. The topological polar surface area (TPSA) is 39.4 Å². The Kier molecular flexibility index (Phi) is 6.66. The van der Waals surface area contributed by atoms with E-state index in [1.54, 1.807) is 17.8 Å². The SMILES string of the molecule is C[N@+]12CCCC[C@H]1[C@@H](COC(=O)c1ccc(CSCc3ccccc3)o1)CCC2. The molecule has 4 rings (SSSR count). The van der Waals surface area contributed by atoms with Gasteiger partial charge in [0.15, 0.2) is 0 Å². The van der Waals surface area contributed by atoms with E-state index in [2.05, 4.69) is 31.3 Å². The highest BCUT2D eigenvalue weighted by atomic mass is 32.2. The first-order chi connectivity index (χ1) is 14.1. The summed E-state index contributed by atoms with van der Waals surface area (Å²) in [5.41, 5.74) is 1.30. The molecule has 2 aliphatic heterocycles. The lowest BCUT2D eigenvalue weighted by Crippen LogP contribution is -2.61. The Balaban J connectivity index is 1.26. The van der Waals surface area contributed by atoms with Crippen molar-refractivity contribution in [1.29, 1.82) is 0 Å². The van der Waals surface area contributed by atoms with Crippen LogP contribution in [-0.2, 0) is 16.2 Å². The van der Waals surface area contributed by atoms with Gasteiger partial charge in [-0.25, -0.2) is 4.79 Å². The van der Waals surface area contributed by atoms with Crippen LogP contribution in [0.1, 0.15) is 54.0 Å². The van der Waals surface area contributed by atoms with Gasteiger partial charge in [-0.05, 0) is 43.4 Å². The average Bonchev–Trinajstić information content (AvgIpc) is 3.21. The van der Waals surface area contributed by atoms with Crippen LogP contribution in [0.25, 0.3) is 0 Å². The third kappa shape index (κ3) is 5.07. The minimum atomic E-state index is -0.320. The highest BCUT2D eigenvalue weighted by molar-refractivity contribution is 7.97. The molecule has 2 fully saturated rings. The molecule has 0 radical (unpaired) electrons. The van der Waals surface area contributed by atoms with Gasteiger partial charge in [0.1, 0.15) is 12.4 Å². The molecule has 29 heavy (non-hydrogen) atoms. The summed E-state index contributed by atoms with van der Waals surface area (Å²) in [6.07, 6.45) is 6.31. The first-order valence-electron chi connectivity index (χ1n) is 10.9. The fraction of sp³-hybridized carbons (Fsp3) is 0.542. The minimum Gasteiger partial charge on any atom is -0.459 e. The maximum Gasteiger partial charge on any atom is 0.374 e.